The van der Waals surface area contributed by atoms with Crippen LogP contribution in [0.3, 0.4) is 0 Å². The number of unbranched alkanes of at least 4 members (excludes halogenated alkanes) is 4. The molecule has 0 saturated carbocycles. The van der Waals surface area contributed by atoms with Gasteiger partial charge in [0.2, 0.25) is 0 Å². The molecule has 0 spiro atoms. The standard InChI is InChI=1S/C22H46N4O5/c1-2-23-18(27)10-5-3-7-15-24-19(28)11-6-4-8-16-25-20(29)12-9-17-26-21(30)13-14-22(26)31/h13-14,18-25,27-31H,2-12,15-17H2,1H3. The second kappa shape index (κ2) is 17.9. The lowest BCUT2D eigenvalue weighted by Gasteiger charge is -2.24. The minimum absolute atomic E-state index is 0.408. The maximum atomic E-state index is 9.98. The number of rotatable bonds is 20. The van der Waals surface area contributed by atoms with Crippen molar-refractivity contribution in [2.24, 2.45) is 0 Å². The van der Waals surface area contributed by atoms with Crippen molar-refractivity contribution >= 4 is 0 Å². The van der Waals surface area contributed by atoms with Crippen molar-refractivity contribution in [1.82, 2.24) is 20.9 Å². The summed E-state index contributed by atoms with van der Waals surface area (Å²) in [4.78, 5) is 1.57. The average Bonchev–Trinajstić information content (AvgIpc) is 3.05. The van der Waals surface area contributed by atoms with Gasteiger partial charge in [0.1, 0.15) is 31.1 Å². The lowest BCUT2D eigenvalue weighted by atomic mass is 10.1. The molecule has 1 aliphatic heterocycles. The summed E-state index contributed by atoms with van der Waals surface area (Å²) in [6, 6.07) is 0. The molecule has 0 aromatic carbocycles. The molecular weight excluding hydrogens is 400 g/mol. The molecule has 0 bridgehead atoms. The Morgan fingerprint density at radius 3 is 1.61 bits per heavy atom. The number of aliphatic hydroxyl groups is 5. The average molecular weight is 447 g/mol. The SMILES string of the molecule is CCNC(O)CCCCCNC(O)CCCCCNC(O)CCCN1C(O)C=CC1O. The molecule has 5 unspecified atom stereocenters. The summed E-state index contributed by atoms with van der Waals surface area (Å²) in [5.41, 5.74) is 0. The third-order valence-electron chi connectivity index (χ3n) is 5.54. The van der Waals surface area contributed by atoms with Gasteiger partial charge in [0.05, 0.1) is 0 Å². The van der Waals surface area contributed by atoms with E-state index in [1.807, 2.05) is 6.92 Å². The fraction of sp³-hybridized carbons (Fsp3) is 0.909. The van der Waals surface area contributed by atoms with Crippen LogP contribution in [-0.4, -0.2) is 87.8 Å². The number of nitrogens with zero attached hydrogens (tertiary/aromatic N) is 1. The molecule has 0 saturated heterocycles. The van der Waals surface area contributed by atoms with Crippen LogP contribution >= 0.6 is 0 Å². The lowest BCUT2D eigenvalue weighted by molar-refractivity contribution is -0.0420. The summed E-state index contributed by atoms with van der Waals surface area (Å²) in [5, 5.41) is 58.1. The molecule has 9 nitrogen and oxygen atoms in total. The Bertz CT molecular complexity index is 446. The van der Waals surface area contributed by atoms with Crippen LogP contribution in [0.1, 0.15) is 71.1 Å². The first-order chi connectivity index (χ1) is 14.9. The molecule has 31 heavy (non-hydrogen) atoms. The van der Waals surface area contributed by atoms with Crippen molar-refractivity contribution in [3.05, 3.63) is 12.2 Å². The van der Waals surface area contributed by atoms with Crippen LogP contribution in [0.25, 0.3) is 0 Å². The summed E-state index contributed by atoms with van der Waals surface area (Å²) in [6.45, 7) is 4.79. The van der Waals surface area contributed by atoms with Crippen LogP contribution in [0.15, 0.2) is 12.2 Å². The Kier molecular flexibility index (Phi) is 16.4. The Morgan fingerprint density at radius 1 is 0.677 bits per heavy atom. The number of hydrogen-bond acceptors (Lipinski definition) is 9. The van der Waals surface area contributed by atoms with E-state index >= 15 is 0 Å². The largest absolute Gasteiger partial charge is 0.379 e. The van der Waals surface area contributed by atoms with E-state index < -0.39 is 31.1 Å². The minimum Gasteiger partial charge on any atom is -0.379 e. The van der Waals surface area contributed by atoms with E-state index in [4.69, 9.17) is 0 Å². The van der Waals surface area contributed by atoms with Gasteiger partial charge in [-0.2, -0.15) is 0 Å². The van der Waals surface area contributed by atoms with E-state index in [1.165, 1.54) is 0 Å². The minimum atomic E-state index is -0.743. The van der Waals surface area contributed by atoms with Gasteiger partial charge in [0.25, 0.3) is 0 Å². The molecule has 1 aliphatic rings. The highest BCUT2D eigenvalue weighted by atomic mass is 16.3. The molecule has 0 amide bonds. The zero-order valence-corrected chi connectivity index (χ0v) is 19.1. The summed E-state index contributed by atoms with van der Waals surface area (Å²) in [7, 11) is 0. The Hall–Kier alpha value is -0.620. The van der Waals surface area contributed by atoms with Crippen molar-refractivity contribution < 1.29 is 25.5 Å². The second-order valence-electron chi connectivity index (χ2n) is 8.30. The van der Waals surface area contributed by atoms with Gasteiger partial charge in [0, 0.05) is 6.54 Å². The van der Waals surface area contributed by atoms with E-state index in [2.05, 4.69) is 16.0 Å². The van der Waals surface area contributed by atoms with E-state index in [0.717, 1.165) is 71.0 Å². The van der Waals surface area contributed by atoms with Crippen LogP contribution in [0.4, 0.5) is 0 Å². The molecule has 0 aliphatic carbocycles. The van der Waals surface area contributed by atoms with Gasteiger partial charge in [-0.1, -0.05) is 19.8 Å². The van der Waals surface area contributed by atoms with Gasteiger partial charge in [-0.3, -0.25) is 16.0 Å². The smallest absolute Gasteiger partial charge is 0.128 e. The predicted molar refractivity (Wildman–Crippen MR) is 122 cm³/mol. The zero-order chi connectivity index (χ0) is 22.9. The van der Waals surface area contributed by atoms with E-state index in [0.29, 0.717) is 19.4 Å². The number of nitrogens with one attached hydrogen (secondary N) is 3. The predicted octanol–water partition coefficient (Wildman–Crippen LogP) is 0.140. The molecule has 1 rings (SSSR count). The van der Waals surface area contributed by atoms with E-state index in [9.17, 15) is 25.5 Å². The fourth-order valence-electron chi connectivity index (χ4n) is 3.67. The molecular formula is C22H46N4O5. The highest BCUT2D eigenvalue weighted by molar-refractivity contribution is 5.01. The third kappa shape index (κ3) is 14.2. The first kappa shape index (κ1) is 28.4. The van der Waals surface area contributed by atoms with Gasteiger partial charge in [0.15, 0.2) is 0 Å². The maximum Gasteiger partial charge on any atom is 0.128 e. The summed E-state index contributed by atoms with van der Waals surface area (Å²) >= 11 is 0. The van der Waals surface area contributed by atoms with Gasteiger partial charge in [-0.05, 0) is 83.2 Å². The fourth-order valence-corrected chi connectivity index (χ4v) is 3.67. The molecule has 184 valence electrons. The van der Waals surface area contributed by atoms with Crippen LogP contribution in [0, 0.1) is 0 Å². The zero-order valence-electron chi connectivity index (χ0n) is 19.1. The highest BCUT2D eigenvalue weighted by Gasteiger charge is 2.24. The molecule has 0 aromatic rings. The molecule has 9 heteroatoms. The number of aliphatic hydroxyl groups excluding tert-OH is 5. The van der Waals surface area contributed by atoms with Gasteiger partial charge < -0.3 is 25.5 Å². The van der Waals surface area contributed by atoms with Crippen molar-refractivity contribution in [3.63, 3.8) is 0 Å². The van der Waals surface area contributed by atoms with Crippen molar-refractivity contribution in [3.8, 4) is 0 Å². The summed E-state index contributed by atoms with van der Waals surface area (Å²) < 4.78 is 0. The molecule has 0 aromatic heterocycles. The van der Waals surface area contributed by atoms with Crippen LogP contribution in [0.5, 0.6) is 0 Å². The van der Waals surface area contributed by atoms with Crippen LogP contribution in [-0.2, 0) is 0 Å². The first-order valence-electron chi connectivity index (χ1n) is 12.0. The molecule has 0 fully saturated rings. The second-order valence-corrected chi connectivity index (χ2v) is 8.30. The Morgan fingerprint density at radius 2 is 1.13 bits per heavy atom. The maximum absolute atomic E-state index is 9.98. The van der Waals surface area contributed by atoms with E-state index in [1.54, 1.807) is 17.1 Å². The monoisotopic (exact) mass is 446 g/mol. The Labute approximate surface area is 187 Å². The highest BCUT2D eigenvalue weighted by Crippen LogP contribution is 2.14. The van der Waals surface area contributed by atoms with E-state index in [-0.39, 0.29) is 0 Å². The van der Waals surface area contributed by atoms with Crippen LogP contribution < -0.4 is 16.0 Å². The lowest BCUT2D eigenvalue weighted by Crippen LogP contribution is -2.38. The number of hydrogen-bond donors (Lipinski definition) is 8. The first-order valence-corrected chi connectivity index (χ1v) is 12.0. The van der Waals surface area contributed by atoms with Crippen molar-refractivity contribution in [2.45, 2.75) is 102 Å². The van der Waals surface area contributed by atoms with Gasteiger partial charge >= 0.3 is 0 Å². The third-order valence-corrected chi connectivity index (χ3v) is 5.54. The molecule has 1 heterocycles. The molecule has 0 radical (unpaired) electrons. The molecule has 5 atom stereocenters. The van der Waals surface area contributed by atoms with Crippen molar-refractivity contribution in [2.75, 3.05) is 26.2 Å². The Balaban J connectivity index is 1.86. The van der Waals surface area contributed by atoms with Crippen molar-refractivity contribution in [1.29, 1.82) is 0 Å². The summed E-state index contributed by atoms with van der Waals surface area (Å²) in [6.07, 6.45) is 8.74. The normalized spacial score (nSPS) is 22.1. The molecule has 8 N–H and O–H groups in total. The van der Waals surface area contributed by atoms with Gasteiger partial charge in [-0.25, -0.2) is 4.90 Å². The van der Waals surface area contributed by atoms with Crippen LogP contribution in [0.2, 0.25) is 0 Å². The summed E-state index contributed by atoms with van der Waals surface area (Å²) in [5.74, 6) is 0. The topological polar surface area (TPSA) is 140 Å². The van der Waals surface area contributed by atoms with Gasteiger partial charge in [-0.15, -0.1) is 0 Å². The quantitative estimate of drug-likeness (QED) is 0.0745.